The zero-order chi connectivity index (χ0) is 17.1. The molecule has 6 nitrogen and oxygen atoms in total. The van der Waals surface area contributed by atoms with Gasteiger partial charge in [0, 0.05) is 30.2 Å². The summed E-state index contributed by atoms with van der Waals surface area (Å²) >= 11 is 0. The monoisotopic (exact) mass is 336 g/mol. The van der Waals surface area contributed by atoms with Crippen molar-refractivity contribution in [1.82, 2.24) is 19.6 Å². The molecule has 1 aliphatic rings. The first-order valence-electron chi connectivity index (χ1n) is 8.63. The Kier molecular flexibility index (Phi) is 4.33. The summed E-state index contributed by atoms with van der Waals surface area (Å²) in [6, 6.07) is 11.5. The number of amides is 1. The van der Waals surface area contributed by atoms with Crippen LogP contribution in [0.15, 0.2) is 59.7 Å². The van der Waals surface area contributed by atoms with Crippen LogP contribution in [0.5, 0.6) is 0 Å². The maximum Gasteiger partial charge on any atom is 0.254 e. The Morgan fingerprint density at radius 2 is 2.00 bits per heavy atom. The normalized spacial score (nSPS) is 18.1. The van der Waals surface area contributed by atoms with Crippen LogP contribution in [-0.2, 0) is 0 Å². The molecule has 0 N–H and O–H groups in total. The Bertz CT molecular complexity index is 827. The first kappa shape index (κ1) is 15.6. The highest BCUT2D eigenvalue weighted by Gasteiger charge is 2.30. The van der Waals surface area contributed by atoms with E-state index in [0.717, 1.165) is 31.4 Å². The maximum absolute atomic E-state index is 13.2. The van der Waals surface area contributed by atoms with E-state index >= 15 is 0 Å². The molecule has 1 aliphatic heterocycles. The second-order valence-corrected chi connectivity index (χ2v) is 6.29. The highest BCUT2D eigenvalue weighted by molar-refractivity contribution is 5.95. The third-order valence-electron chi connectivity index (χ3n) is 4.69. The average molecular weight is 336 g/mol. The maximum atomic E-state index is 13.2. The summed E-state index contributed by atoms with van der Waals surface area (Å²) < 4.78 is 6.90. The smallest absolute Gasteiger partial charge is 0.254 e. The standard InChI is InChI=1S/C19H20N4O2/c24-19(15-7-6-8-16(13-15)22-10-4-5-11-22)23-12-3-1-2-9-17(23)18-20-14-25-21-18/h4-8,10-11,13-14,17H,1-3,9,12H2. The Balaban J connectivity index is 1.65. The van der Waals surface area contributed by atoms with E-state index in [9.17, 15) is 4.79 Å². The lowest BCUT2D eigenvalue weighted by molar-refractivity contribution is 0.0670. The van der Waals surface area contributed by atoms with Gasteiger partial charge in [-0.25, -0.2) is 0 Å². The Hall–Kier alpha value is -2.89. The molecular formula is C19H20N4O2. The molecule has 25 heavy (non-hydrogen) atoms. The van der Waals surface area contributed by atoms with E-state index in [1.807, 2.05) is 58.3 Å². The van der Waals surface area contributed by atoms with Crippen LogP contribution < -0.4 is 0 Å². The minimum atomic E-state index is -0.121. The van der Waals surface area contributed by atoms with E-state index < -0.39 is 0 Å². The van der Waals surface area contributed by atoms with Crippen LogP contribution in [-0.4, -0.2) is 32.1 Å². The van der Waals surface area contributed by atoms with Gasteiger partial charge in [0.25, 0.3) is 5.91 Å². The van der Waals surface area contributed by atoms with Crippen molar-refractivity contribution in [2.45, 2.75) is 31.7 Å². The van der Waals surface area contributed by atoms with Gasteiger partial charge in [0.05, 0.1) is 6.04 Å². The highest BCUT2D eigenvalue weighted by Crippen LogP contribution is 2.29. The first-order chi connectivity index (χ1) is 12.3. The molecule has 1 amide bonds. The molecule has 0 radical (unpaired) electrons. The van der Waals surface area contributed by atoms with Gasteiger partial charge in [0.15, 0.2) is 5.82 Å². The molecule has 1 unspecified atom stereocenters. The Labute approximate surface area is 146 Å². The molecule has 0 spiro atoms. The van der Waals surface area contributed by atoms with Crippen molar-refractivity contribution in [1.29, 1.82) is 0 Å². The summed E-state index contributed by atoms with van der Waals surface area (Å²) in [5, 5.41) is 3.98. The van der Waals surface area contributed by atoms with Crippen LogP contribution in [0.3, 0.4) is 0 Å². The van der Waals surface area contributed by atoms with Gasteiger partial charge in [-0.05, 0) is 43.2 Å². The fourth-order valence-corrected chi connectivity index (χ4v) is 3.42. The SMILES string of the molecule is O=C(c1cccc(-n2cccc2)c1)N1CCCCCC1c1ncon1. The van der Waals surface area contributed by atoms with Gasteiger partial charge in [0.1, 0.15) is 0 Å². The molecule has 1 atom stereocenters. The lowest BCUT2D eigenvalue weighted by Gasteiger charge is -2.28. The second kappa shape index (κ2) is 6.93. The van der Waals surface area contributed by atoms with Gasteiger partial charge >= 0.3 is 0 Å². The van der Waals surface area contributed by atoms with Crippen LogP contribution in [0.4, 0.5) is 0 Å². The summed E-state index contributed by atoms with van der Waals surface area (Å²) in [5.74, 6) is 0.613. The van der Waals surface area contributed by atoms with Crippen LogP contribution in [0.2, 0.25) is 0 Å². The predicted octanol–water partition coefficient (Wildman–Crippen LogP) is 3.62. The zero-order valence-electron chi connectivity index (χ0n) is 13.9. The third kappa shape index (κ3) is 3.20. The molecule has 0 aliphatic carbocycles. The summed E-state index contributed by atoms with van der Waals surface area (Å²) in [6.07, 6.45) is 9.30. The topological polar surface area (TPSA) is 64.2 Å². The number of benzene rings is 1. The molecular weight excluding hydrogens is 316 g/mol. The van der Waals surface area contributed by atoms with Crippen molar-refractivity contribution in [3.05, 3.63) is 66.6 Å². The van der Waals surface area contributed by atoms with Crippen LogP contribution >= 0.6 is 0 Å². The van der Waals surface area contributed by atoms with E-state index in [4.69, 9.17) is 4.52 Å². The molecule has 4 rings (SSSR count). The number of carbonyl (C=O) groups is 1. The molecule has 1 fully saturated rings. The minimum absolute atomic E-state index is 0.0192. The molecule has 1 aromatic carbocycles. The lowest BCUT2D eigenvalue weighted by Crippen LogP contribution is -2.35. The zero-order valence-corrected chi connectivity index (χ0v) is 13.9. The van der Waals surface area contributed by atoms with E-state index in [1.165, 1.54) is 6.39 Å². The summed E-state index contributed by atoms with van der Waals surface area (Å²) in [5.41, 5.74) is 1.66. The van der Waals surface area contributed by atoms with E-state index in [0.29, 0.717) is 17.9 Å². The van der Waals surface area contributed by atoms with E-state index in [1.54, 1.807) is 0 Å². The number of nitrogens with zero attached hydrogens (tertiary/aromatic N) is 4. The number of hydrogen-bond donors (Lipinski definition) is 0. The molecule has 3 heterocycles. The number of aromatic nitrogens is 3. The largest absolute Gasteiger partial charge is 0.343 e. The fraction of sp³-hybridized carbons (Fsp3) is 0.316. The van der Waals surface area contributed by atoms with Gasteiger partial charge < -0.3 is 14.0 Å². The van der Waals surface area contributed by atoms with Crippen molar-refractivity contribution in [3.63, 3.8) is 0 Å². The molecule has 0 saturated carbocycles. The summed E-state index contributed by atoms with van der Waals surface area (Å²) in [6.45, 7) is 0.714. The molecule has 128 valence electrons. The predicted molar refractivity (Wildman–Crippen MR) is 92.3 cm³/mol. The highest BCUT2D eigenvalue weighted by atomic mass is 16.5. The number of carbonyl (C=O) groups excluding carboxylic acids is 1. The summed E-state index contributed by atoms with van der Waals surface area (Å²) in [4.78, 5) is 19.3. The quantitative estimate of drug-likeness (QED) is 0.733. The van der Waals surface area contributed by atoms with Gasteiger partial charge in [-0.1, -0.05) is 24.1 Å². The van der Waals surface area contributed by atoms with Crippen molar-refractivity contribution in [3.8, 4) is 5.69 Å². The second-order valence-electron chi connectivity index (χ2n) is 6.29. The summed E-state index contributed by atoms with van der Waals surface area (Å²) in [7, 11) is 0. The lowest BCUT2D eigenvalue weighted by atomic mass is 10.1. The van der Waals surface area contributed by atoms with Gasteiger partial charge in [0.2, 0.25) is 6.39 Å². The molecule has 2 aromatic heterocycles. The van der Waals surface area contributed by atoms with Crippen molar-refractivity contribution in [2.75, 3.05) is 6.54 Å². The Morgan fingerprint density at radius 3 is 2.80 bits per heavy atom. The number of likely N-dealkylation sites (tertiary alicyclic amines) is 1. The van der Waals surface area contributed by atoms with Gasteiger partial charge in [-0.2, -0.15) is 4.98 Å². The van der Waals surface area contributed by atoms with Crippen LogP contribution in [0.1, 0.15) is 47.9 Å². The molecule has 0 bridgehead atoms. The van der Waals surface area contributed by atoms with Crippen molar-refractivity contribution in [2.24, 2.45) is 0 Å². The Morgan fingerprint density at radius 1 is 1.12 bits per heavy atom. The van der Waals surface area contributed by atoms with E-state index in [-0.39, 0.29) is 11.9 Å². The average Bonchev–Trinajstić information content (AvgIpc) is 3.32. The van der Waals surface area contributed by atoms with Crippen LogP contribution in [0, 0.1) is 0 Å². The number of rotatable bonds is 3. The van der Waals surface area contributed by atoms with Crippen molar-refractivity contribution >= 4 is 5.91 Å². The third-order valence-corrected chi connectivity index (χ3v) is 4.69. The van der Waals surface area contributed by atoms with Gasteiger partial charge in [-0.3, -0.25) is 4.79 Å². The molecule has 1 saturated heterocycles. The fourth-order valence-electron chi connectivity index (χ4n) is 3.42. The minimum Gasteiger partial charge on any atom is -0.343 e. The number of hydrogen-bond acceptors (Lipinski definition) is 4. The molecule has 6 heteroatoms. The van der Waals surface area contributed by atoms with Crippen LogP contribution in [0.25, 0.3) is 5.69 Å². The first-order valence-corrected chi connectivity index (χ1v) is 8.63. The van der Waals surface area contributed by atoms with E-state index in [2.05, 4.69) is 10.1 Å². The van der Waals surface area contributed by atoms with Gasteiger partial charge in [-0.15, -0.1) is 0 Å². The molecule has 3 aromatic rings. The van der Waals surface area contributed by atoms with Crippen molar-refractivity contribution < 1.29 is 9.32 Å².